The molecule has 2 aliphatic heterocycles. The normalized spacial score (nSPS) is 19.8. The van der Waals surface area contributed by atoms with Gasteiger partial charge in [0.25, 0.3) is 0 Å². The van der Waals surface area contributed by atoms with Crippen LogP contribution in [-0.2, 0) is 0 Å². The number of likely N-dealkylation sites (tertiary alicyclic amines) is 1. The Labute approximate surface area is 194 Å². The van der Waals surface area contributed by atoms with E-state index in [1.807, 2.05) is 24.5 Å². The number of halogens is 1. The number of furan rings is 1. The number of nitrogens with one attached hydrogen (secondary N) is 2. The van der Waals surface area contributed by atoms with Crippen molar-refractivity contribution in [1.82, 2.24) is 15.5 Å². The summed E-state index contributed by atoms with van der Waals surface area (Å²) in [5.41, 5.74) is 0. The van der Waals surface area contributed by atoms with E-state index in [1.54, 1.807) is 6.26 Å². The lowest BCUT2D eigenvalue weighted by atomic mass is 10.1. The Hall–Kier alpha value is -1.26. The van der Waals surface area contributed by atoms with Crippen LogP contribution in [-0.4, -0.2) is 56.7 Å². The van der Waals surface area contributed by atoms with Gasteiger partial charge >= 0.3 is 0 Å². The van der Waals surface area contributed by atoms with Crippen LogP contribution < -0.4 is 15.5 Å². The molecule has 2 saturated heterocycles. The minimum absolute atomic E-state index is 0. The van der Waals surface area contributed by atoms with Crippen LogP contribution in [0.3, 0.4) is 0 Å². The zero-order chi connectivity index (χ0) is 19.2. The van der Waals surface area contributed by atoms with E-state index in [9.17, 15) is 0 Å². The average molecular weight is 529 g/mol. The van der Waals surface area contributed by atoms with Crippen LogP contribution in [0.4, 0.5) is 5.00 Å². The molecule has 2 aliphatic rings. The van der Waals surface area contributed by atoms with E-state index < -0.39 is 0 Å². The molecule has 0 radical (unpaired) electrons. The van der Waals surface area contributed by atoms with Gasteiger partial charge < -0.3 is 20.0 Å². The summed E-state index contributed by atoms with van der Waals surface area (Å²) in [5.74, 6) is 1.93. The lowest BCUT2D eigenvalue weighted by Gasteiger charge is -2.34. The van der Waals surface area contributed by atoms with Crippen LogP contribution >= 0.6 is 35.3 Å². The molecule has 0 saturated carbocycles. The van der Waals surface area contributed by atoms with Gasteiger partial charge in [-0.05, 0) is 68.4 Å². The van der Waals surface area contributed by atoms with E-state index in [1.165, 1.54) is 17.8 Å². The fourth-order valence-corrected chi connectivity index (χ4v) is 5.00. The van der Waals surface area contributed by atoms with Crippen molar-refractivity contribution >= 4 is 46.3 Å². The molecule has 2 N–H and O–H groups in total. The summed E-state index contributed by atoms with van der Waals surface area (Å²) in [7, 11) is 1.86. The highest BCUT2D eigenvalue weighted by Gasteiger charge is 2.26. The summed E-state index contributed by atoms with van der Waals surface area (Å²) in [6.45, 7) is 5.28. The smallest absolute Gasteiger partial charge is 0.191 e. The highest BCUT2D eigenvalue weighted by molar-refractivity contribution is 14.0. The van der Waals surface area contributed by atoms with Gasteiger partial charge in [-0.3, -0.25) is 9.89 Å². The Balaban J connectivity index is 0.00000240. The molecule has 0 spiro atoms. The molecule has 4 rings (SSSR count). The average Bonchev–Trinajstić information content (AvgIpc) is 3.51. The number of hydrogen-bond acceptors (Lipinski definition) is 5. The van der Waals surface area contributed by atoms with Crippen molar-refractivity contribution in [2.24, 2.45) is 4.99 Å². The predicted octanol–water partition coefficient (Wildman–Crippen LogP) is 3.93. The molecule has 2 aromatic heterocycles. The monoisotopic (exact) mass is 529 g/mol. The second-order valence-corrected chi connectivity index (χ2v) is 8.51. The number of anilines is 1. The first kappa shape index (κ1) is 22.4. The van der Waals surface area contributed by atoms with Crippen molar-refractivity contribution in [3.8, 4) is 0 Å². The van der Waals surface area contributed by atoms with Gasteiger partial charge in [-0.25, -0.2) is 0 Å². The lowest BCUT2D eigenvalue weighted by Crippen LogP contribution is -2.50. The zero-order valence-electron chi connectivity index (χ0n) is 17.0. The van der Waals surface area contributed by atoms with Gasteiger partial charge in [-0.15, -0.1) is 35.3 Å². The van der Waals surface area contributed by atoms with E-state index in [4.69, 9.17) is 4.42 Å². The Morgan fingerprint density at radius 2 is 2.00 bits per heavy atom. The standard InChI is InChI=1S/C21H31N5OS.HI/c1-22-21(24-17-8-12-26(13-9-17)20-7-5-15-28-20)23-16-18(19-6-4-14-27-19)25-10-2-3-11-25;/h4-7,14-15,17-18H,2-3,8-13,16H2,1H3,(H2,22,23,24);1H. The third kappa shape index (κ3) is 5.88. The molecule has 8 heteroatoms. The number of nitrogens with zero attached hydrogens (tertiary/aromatic N) is 3. The molecule has 0 aliphatic carbocycles. The summed E-state index contributed by atoms with van der Waals surface area (Å²) in [6, 6.07) is 9.14. The van der Waals surface area contributed by atoms with Crippen LogP contribution in [0.25, 0.3) is 0 Å². The van der Waals surface area contributed by atoms with Crippen molar-refractivity contribution in [2.75, 3.05) is 44.7 Å². The summed E-state index contributed by atoms with van der Waals surface area (Å²) < 4.78 is 5.72. The Kier molecular flexibility index (Phi) is 8.68. The van der Waals surface area contributed by atoms with Crippen LogP contribution in [0.15, 0.2) is 45.3 Å². The SMILES string of the molecule is CN=C(NCC(c1ccco1)N1CCCC1)NC1CCN(c2cccs2)CC1.I. The number of hydrogen-bond donors (Lipinski definition) is 2. The second kappa shape index (κ2) is 11.2. The quantitative estimate of drug-likeness (QED) is 0.338. The summed E-state index contributed by atoms with van der Waals surface area (Å²) in [4.78, 5) is 9.46. The number of guanidine groups is 1. The van der Waals surface area contributed by atoms with Crippen LogP contribution in [0.5, 0.6) is 0 Å². The van der Waals surface area contributed by atoms with E-state index in [2.05, 4.69) is 49.0 Å². The first-order valence-electron chi connectivity index (χ1n) is 10.4. The van der Waals surface area contributed by atoms with Gasteiger partial charge in [0, 0.05) is 32.7 Å². The molecule has 2 fully saturated rings. The lowest BCUT2D eigenvalue weighted by molar-refractivity contribution is 0.215. The Morgan fingerprint density at radius 3 is 2.62 bits per heavy atom. The van der Waals surface area contributed by atoms with E-state index in [-0.39, 0.29) is 30.0 Å². The number of piperidine rings is 1. The minimum Gasteiger partial charge on any atom is -0.468 e. The molecule has 29 heavy (non-hydrogen) atoms. The maximum atomic E-state index is 5.72. The van der Waals surface area contributed by atoms with E-state index >= 15 is 0 Å². The third-order valence-corrected chi connectivity index (χ3v) is 6.72. The molecule has 6 nitrogen and oxygen atoms in total. The van der Waals surface area contributed by atoms with Crippen molar-refractivity contribution in [2.45, 2.75) is 37.8 Å². The van der Waals surface area contributed by atoms with Gasteiger partial charge in [0.15, 0.2) is 5.96 Å². The maximum absolute atomic E-state index is 5.72. The zero-order valence-corrected chi connectivity index (χ0v) is 20.2. The summed E-state index contributed by atoms with van der Waals surface area (Å²) in [6.07, 6.45) is 6.57. The second-order valence-electron chi connectivity index (χ2n) is 7.58. The van der Waals surface area contributed by atoms with Crippen LogP contribution in [0.1, 0.15) is 37.5 Å². The van der Waals surface area contributed by atoms with E-state index in [0.29, 0.717) is 6.04 Å². The number of rotatable bonds is 6. The van der Waals surface area contributed by atoms with Gasteiger partial charge in [0.05, 0.1) is 17.3 Å². The fourth-order valence-electron chi connectivity index (χ4n) is 4.22. The van der Waals surface area contributed by atoms with Crippen LogP contribution in [0, 0.1) is 0 Å². The predicted molar refractivity (Wildman–Crippen MR) is 132 cm³/mol. The largest absolute Gasteiger partial charge is 0.468 e. The van der Waals surface area contributed by atoms with Crippen molar-refractivity contribution < 1.29 is 4.42 Å². The van der Waals surface area contributed by atoms with E-state index in [0.717, 1.165) is 57.3 Å². The van der Waals surface area contributed by atoms with Gasteiger partial charge in [0.1, 0.15) is 5.76 Å². The molecular weight excluding hydrogens is 497 g/mol. The van der Waals surface area contributed by atoms with Crippen molar-refractivity contribution in [3.05, 3.63) is 41.7 Å². The molecular formula is C21H32IN5OS. The molecule has 1 unspecified atom stereocenters. The molecule has 0 aromatic carbocycles. The first-order chi connectivity index (χ1) is 13.8. The molecule has 0 bridgehead atoms. The van der Waals surface area contributed by atoms with Crippen LogP contribution in [0.2, 0.25) is 0 Å². The maximum Gasteiger partial charge on any atom is 0.191 e. The summed E-state index contributed by atoms with van der Waals surface area (Å²) in [5, 5.41) is 10.7. The number of aliphatic imine (C=N–C) groups is 1. The topological polar surface area (TPSA) is 56.0 Å². The van der Waals surface area contributed by atoms with Gasteiger partial charge in [0.2, 0.25) is 0 Å². The van der Waals surface area contributed by atoms with Gasteiger partial charge in [-0.1, -0.05) is 0 Å². The Morgan fingerprint density at radius 1 is 1.21 bits per heavy atom. The molecule has 160 valence electrons. The number of thiophene rings is 1. The summed E-state index contributed by atoms with van der Waals surface area (Å²) >= 11 is 1.83. The highest BCUT2D eigenvalue weighted by atomic mass is 127. The van der Waals surface area contributed by atoms with Crippen molar-refractivity contribution in [3.63, 3.8) is 0 Å². The Bertz CT molecular complexity index is 722. The molecule has 2 aromatic rings. The van der Waals surface area contributed by atoms with Gasteiger partial charge in [-0.2, -0.15) is 0 Å². The minimum atomic E-state index is 0. The molecule has 4 heterocycles. The molecule has 1 atom stereocenters. The fraction of sp³-hybridized carbons (Fsp3) is 0.571. The molecule has 0 amide bonds. The third-order valence-electron chi connectivity index (χ3n) is 5.79. The van der Waals surface area contributed by atoms with Crippen molar-refractivity contribution in [1.29, 1.82) is 0 Å². The highest BCUT2D eigenvalue weighted by Crippen LogP contribution is 2.26. The first-order valence-corrected chi connectivity index (χ1v) is 11.2.